The van der Waals surface area contributed by atoms with Gasteiger partial charge in [0.25, 0.3) is 0 Å². The third-order valence-corrected chi connectivity index (χ3v) is 6.17. The predicted molar refractivity (Wildman–Crippen MR) is 108 cm³/mol. The fourth-order valence-electron chi connectivity index (χ4n) is 4.58. The summed E-state index contributed by atoms with van der Waals surface area (Å²) in [5.41, 5.74) is 3.05. The number of fused-ring (bicyclic) bond motifs is 6. The van der Waals surface area contributed by atoms with Gasteiger partial charge in [-0.1, -0.05) is 6.58 Å². The summed E-state index contributed by atoms with van der Waals surface area (Å²) >= 11 is 0. The normalized spacial score (nSPS) is 25.5. The third kappa shape index (κ3) is 2.73. The van der Waals surface area contributed by atoms with E-state index in [1.54, 1.807) is 20.3 Å². The average molecular weight is 412 g/mol. The van der Waals surface area contributed by atoms with Crippen LogP contribution in [0.15, 0.2) is 36.4 Å². The minimum atomic E-state index is -0.773. The van der Waals surface area contributed by atoms with Gasteiger partial charge in [0, 0.05) is 29.2 Å². The Labute approximate surface area is 174 Å². The molecule has 0 radical (unpaired) electrons. The summed E-state index contributed by atoms with van der Waals surface area (Å²) in [5.74, 6) is 2.84. The van der Waals surface area contributed by atoms with E-state index in [0.717, 1.165) is 16.7 Å². The highest BCUT2D eigenvalue weighted by Crippen LogP contribution is 2.53. The highest BCUT2D eigenvalue weighted by atomic mass is 16.5. The number of methoxy groups -OCH3 is 2. The molecule has 7 nitrogen and oxygen atoms in total. The molecule has 158 valence electrons. The van der Waals surface area contributed by atoms with E-state index in [-0.39, 0.29) is 24.7 Å². The molecule has 2 aromatic carbocycles. The Hall–Kier alpha value is -2.90. The van der Waals surface area contributed by atoms with Crippen LogP contribution in [0.4, 0.5) is 0 Å². The molecule has 7 heteroatoms. The van der Waals surface area contributed by atoms with Crippen LogP contribution in [0, 0.1) is 0 Å². The maximum Gasteiger partial charge on any atom is 0.164 e. The number of hydrogen-bond donors (Lipinski definition) is 2. The SMILES string of the molecule is C=C(CO)[C@H]1Cc2c(ccc3c2O[C@@H]2COc4cc(OC)c(OC)cc4[C@@H]2[C@H]3O)O1. The minimum absolute atomic E-state index is 0.134. The van der Waals surface area contributed by atoms with Crippen molar-refractivity contribution in [3.05, 3.63) is 53.1 Å². The fourth-order valence-corrected chi connectivity index (χ4v) is 4.58. The van der Waals surface area contributed by atoms with Crippen LogP contribution in [-0.2, 0) is 6.42 Å². The molecule has 0 unspecified atom stereocenters. The molecular weight excluding hydrogens is 388 g/mol. The molecule has 2 N–H and O–H groups in total. The van der Waals surface area contributed by atoms with Crippen molar-refractivity contribution in [1.29, 1.82) is 0 Å². The second-order valence-electron chi connectivity index (χ2n) is 7.77. The van der Waals surface area contributed by atoms with Gasteiger partial charge in [-0.3, -0.25) is 0 Å². The molecule has 5 rings (SSSR count). The van der Waals surface area contributed by atoms with E-state index in [1.807, 2.05) is 18.2 Å². The largest absolute Gasteiger partial charge is 0.493 e. The number of ether oxygens (including phenoxy) is 5. The lowest BCUT2D eigenvalue weighted by Gasteiger charge is -2.41. The number of hydrogen-bond acceptors (Lipinski definition) is 7. The van der Waals surface area contributed by atoms with Crippen LogP contribution < -0.4 is 23.7 Å². The van der Waals surface area contributed by atoms with Crippen LogP contribution >= 0.6 is 0 Å². The molecule has 0 saturated heterocycles. The first-order chi connectivity index (χ1) is 14.5. The second-order valence-corrected chi connectivity index (χ2v) is 7.77. The van der Waals surface area contributed by atoms with E-state index in [2.05, 4.69) is 6.58 Å². The molecule has 0 aliphatic carbocycles. The molecule has 3 aliphatic rings. The van der Waals surface area contributed by atoms with Crippen molar-refractivity contribution in [2.75, 3.05) is 27.4 Å². The second kappa shape index (κ2) is 7.11. The Morgan fingerprint density at radius 2 is 1.87 bits per heavy atom. The first-order valence-corrected chi connectivity index (χ1v) is 9.90. The maximum atomic E-state index is 11.3. The number of aliphatic hydroxyl groups excluding tert-OH is 2. The van der Waals surface area contributed by atoms with Crippen molar-refractivity contribution in [3.8, 4) is 28.7 Å². The van der Waals surface area contributed by atoms with Crippen LogP contribution in [0.3, 0.4) is 0 Å². The summed E-state index contributed by atoms with van der Waals surface area (Å²) in [6.45, 7) is 4.05. The standard InChI is InChI=1S/C23H24O7/c1-11(9-24)16-7-14-15(29-16)5-4-12-22(25)21-13-6-18(26-2)19(27-3)8-17(13)28-10-20(21)30-23(12)14/h4-6,8,16,20-22,24-25H,1,7,9-10H2,2-3H3/t16-,20-,21+,22+/m1/s1. The number of benzene rings is 2. The average Bonchev–Trinajstić information content (AvgIpc) is 3.22. The van der Waals surface area contributed by atoms with Crippen LogP contribution in [0.25, 0.3) is 0 Å². The lowest BCUT2D eigenvalue weighted by Crippen LogP contribution is -2.42. The van der Waals surface area contributed by atoms with Crippen molar-refractivity contribution in [3.63, 3.8) is 0 Å². The van der Waals surface area contributed by atoms with Crippen LogP contribution in [0.5, 0.6) is 28.7 Å². The van der Waals surface area contributed by atoms with Gasteiger partial charge < -0.3 is 33.9 Å². The van der Waals surface area contributed by atoms with Gasteiger partial charge in [0.1, 0.15) is 36.1 Å². The lowest BCUT2D eigenvalue weighted by molar-refractivity contribution is 0.000789. The Balaban J connectivity index is 1.55. The highest BCUT2D eigenvalue weighted by Gasteiger charge is 2.45. The summed E-state index contributed by atoms with van der Waals surface area (Å²) in [7, 11) is 3.15. The zero-order valence-corrected chi connectivity index (χ0v) is 16.9. The molecule has 3 aliphatic heterocycles. The summed E-state index contributed by atoms with van der Waals surface area (Å²) in [6, 6.07) is 7.32. The zero-order chi connectivity index (χ0) is 21.0. The third-order valence-electron chi connectivity index (χ3n) is 6.17. The number of rotatable bonds is 4. The van der Waals surface area contributed by atoms with Crippen molar-refractivity contribution in [1.82, 2.24) is 0 Å². The molecule has 3 heterocycles. The Bertz CT molecular complexity index is 1020. The molecule has 0 fully saturated rings. The molecular formula is C23H24O7. The van der Waals surface area contributed by atoms with E-state index in [9.17, 15) is 10.2 Å². The van der Waals surface area contributed by atoms with Gasteiger partial charge in [-0.2, -0.15) is 0 Å². The zero-order valence-electron chi connectivity index (χ0n) is 16.9. The molecule has 0 aromatic heterocycles. The fraction of sp³-hybridized carbons (Fsp3) is 0.391. The van der Waals surface area contributed by atoms with Crippen molar-refractivity contribution < 1.29 is 33.9 Å². The first kappa shape index (κ1) is 19.1. The molecule has 0 amide bonds. The van der Waals surface area contributed by atoms with E-state index in [1.165, 1.54) is 0 Å². The molecule has 2 aromatic rings. The van der Waals surface area contributed by atoms with Gasteiger partial charge in [-0.05, 0) is 23.8 Å². The van der Waals surface area contributed by atoms with Gasteiger partial charge in [-0.25, -0.2) is 0 Å². The predicted octanol–water partition coefficient (Wildman–Crippen LogP) is 2.53. The monoisotopic (exact) mass is 412 g/mol. The summed E-state index contributed by atoms with van der Waals surface area (Å²) in [5, 5.41) is 20.7. The van der Waals surface area contributed by atoms with Gasteiger partial charge in [-0.15, -0.1) is 0 Å². The van der Waals surface area contributed by atoms with Gasteiger partial charge in [0.15, 0.2) is 11.5 Å². The Morgan fingerprint density at radius 1 is 1.10 bits per heavy atom. The first-order valence-electron chi connectivity index (χ1n) is 9.90. The Morgan fingerprint density at radius 3 is 2.60 bits per heavy atom. The highest BCUT2D eigenvalue weighted by molar-refractivity contribution is 5.59. The summed E-state index contributed by atoms with van der Waals surface area (Å²) in [4.78, 5) is 0. The van der Waals surface area contributed by atoms with Crippen LogP contribution in [0.2, 0.25) is 0 Å². The maximum absolute atomic E-state index is 11.3. The summed E-state index contributed by atoms with van der Waals surface area (Å²) < 4.78 is 29.1. The van der Waals surface area contributed by atoms with Gasteiger partial charge in [0.2, 0.25) is 0 Å². The van der Waals surface area contributed by atoms with Crippen molar-refractivity contribution in [2.24, 2.45) is 0 Å². The topological polar surface area (TPSA) is 86.6 Å². The lowest BCUT2D eigenvalue weighted by atomic mass is 9.80. The van der Waals surface area contributed by atoms with Crippen LogP contribution in [-0.4, -0.2) is 49.9 Å². The molecule has 4 atom stereocenters. The van der Waals surface area contributed by atoms with Gasteiger partial charge in [0.05, 0.1) is 32.8 Å². The molecule has 0 spiro atoms. The van der Waals surface area contributed by atoms with Gasteiger partial charge >= 0.3 is 0 Å². The van der Waals surface area contributed by atoms with E-state index >= 15 is 0 Å². The van der Waals surface area contributed by atoms with Crippen LogP contribution in [0.1, 0.15) is 28.7 Å². The smallest absolute Gasteiger partial charge is 0.164 e. The molecule has 0 saturated carbocycles. The Kier molecular flexibility index (Phi) is 4.52. The number of aliphatic hydroxyl groups is 2. The van der Waals surface area contributed by atoms with E-state index < -0.39 is 6.10 Å². The minimum Gasteiger partial charge on any atom is -0.493 e. The molecule has 0 bridgehead atoms. The quantitative estimate of drug-likeness (QED) is 0.747. The van der Waals surface area contributed by atoms with Crippen molar-refractivity contribution >= 4 is 0 Å². The summed E-state index contributed by atoms with van der Waals surface area (Å²) in [6.07, 6.45) is -0.880. The van der Waals surface area contributed by atoms with Crippen molar-refractivity contribution in [2.45, 2.75) is 30.7 Å². The molecule has 30 heavy (non-hydrogen) atoms. The van der Waals surface area contributed by atoms with E-state index in [0.29, 0.717) is 47.3 Å². The van der Waals surface area contributed by atoms with E-state index in [4.69, 9.17) is 23.7 Å².